The van der Waals surface area contributed by atoms with Crippen molar-refractivity contribution in [3.05, 3.63) is 34.9 Å². The fraction of sp³-hybridized carbons (Fsp3) is 0.533. The number of rotatable bonds is 6. The van der Waals surface area contributed by atoms with Gasteiger partial charge < -0.3 is 5.32 Å². The van der Waals surface area contributed by atoms with Crippen LogP contribution in [0.25, 0.3) is 0 Å². The minimum Gasteiger partial charge on any atom is -0.349 e. The molecule has 0 heterocycles. The summed E-state index contributed by atoms with van der Waals surface area (Å²) >= 11 is 0. The number of carbonyl (C=O) groups is 1. The third kappa shape index (κ3) is 11.0. The second kappa shape index (κ2) is 8.80. The summed E-state index contributed by atoms with van der Waals surface area (Å²) in [7, 11) is 0. The molecule has 0 saturated carbocycles. The molecule has 1 N–H and O–H groups in total. The number of hydrogen-bond acceptors (Lipinski definition) is 1. The van der Waals surface area contributed by atoms with Gasteiger partial charge in [-0.25, -0.2) is 0 Å². The Hall–Kier alpha value is -1.31. The molecule has 0 rings (SSSR count). The van der Waals surface area contributed by atoms with Gasteiger partial charge in [-0.3, -0.25) is 4.79 Å². The first-order valence-electron chi connectivity index (χ1n) is 6.13. The Labute approximate surface area is 105 Å². The summed E-state index contributed by atoms with van der Waals surface area (Å²) in [5.74, 6) is -0.0154. The molecule has 2 nitrogen and oxygen atoms in total. The Kier molecular flexibility index (Phi) is 8.12. The van der Waals surface area contributed by atoms with E-state index in [0.29, 0.717) is 6.54 Å². The van der Waals surface area contributed by atoms with E-state index in [9.17, 15) is 4.79 Å². The van der Waals surface area contributed by atoms with Gasteiger partial charge in [-0.2, -0.15) is 0 Å². The van der Waals surface area contributed by atoms with Gasteiger partial charge in [0.05, 0.1) is 0 Å². The molecule has 17 heavy (non-hydrogen) atoms. The number of amides is 1. The van der Waals surface area contributed by atoms with E-state index in [1.54, 1.807) is 6.08 Å². The van der Waals surface area contributed by atoms with E-state index in [-0.39, 0.29) is 5.91 Å². The molecule has 1 amide bonds. The predicted octanol–water partition coefficient (Wildman–Crippen LogP) is 3.76. The van der Waals surface area contributed by atoms with Gasteiger partial charge in [0.1, 0.15) is 0 Å². The highest BCUT2D eigenvalue weighted by Gasteiger charge is 1.94. The van der Waals surface area contributed by atoms with Gasteiger partial charge in [-0.15, -0.1) is 0 Å². The summed E-state index contributed by atoms with van der Waals surface area (Å²) in [5.41, 5.74) is 3.70. The molecule has 0 aliphatic carbocycles. The van der Waals surface area contributed by atoms with Crippen molar-refractivity contribution >= 4 is 5.91 Å². The van der Waals surface area contributed by atoms with Crippen LogP contribution in [-0.2, 0) is 4.79 Å². The molecule has 0 aromatic rings. The van der Waals surface area contributed by atoms with Crippen LogP contribution >= 0.6 is 0 Å². The molecule has 0 aromatic carbocycles. The fourth-order valence-corrected chi connectivity index (χ4v) is 1.33. The number of nitrogens with one attached hydrogen (secondary N) is 1. The lowest BCUT2D eigenvalue weighted by Crippen LogP contribution is -2.21. The van der Waals surface area contributed by atoms with Crippen LogP contribution in [0.5, 0.6) is 0 Å². The molecular weight excluding hydrogens is 210 g/mol. The van der Waals surface area contributed by atoms with Gasteiger partial charge in [0.25, 0.3) is 0 Å². The third-order valence-electron chi connectivity index (χ3n) is 2.24. The molecule has 0 saturated heterocycles. The zero-order valence-corrected chi connectivity index (χ0v) is 11.8. The van der Waals surface area contributed by atoms with E-state index in [0.717, 1.165) is 18.4 Å². The van der Waals surface area contributed by atoms with E-state index in [2.05, 4.69) is 38.2 Å². The lowest BCUT2D eigenvalue weighted by atomic mass is 10.1. The molecule has 2 heteroatoms. The summed E-state index contributed by atoms with van der Waals surface area (Å²) in [6.45, 7) is 10.8. The van der Waals surface area contributed by atoms with E-state index >= 15 is 0 Å². The lowest BCUT2D eigenvalue weighted by Gasteiger charge is -2.01. The van der Waals surface area contributed by atoms with Crippen molar-refractivity contribution in [2.45, 2.75) is 47.5 Å². The Balaban J connectivity index is 3.88. The van der Waals surface area contributed by atoms with Gasteiger partial charge in [-0.1, -0.05) is 28.9 Å². The molecule has 0 aliphatic rings. The molecule has 0 fully saturated rings. The molecule has 0 aliphatic heterocycles. The first kappa shape index (κ1) is 15.7. The molecule has 0 atom stereocenters. The van der Waals surface area contributed by atoms with Crippen LogP contribution in [-0.4, -0.2) is 12.5 Å². The van der Waals surface area contributed by atoms with E-state index in [1.165, 1.54) is 11.1 Å². The Morgan fingerprint density at radius 2 is 1.65 bits per heavy atom. The van der Waals surface area contributed by atoms with Crippen LogP contribution in [0.1, 0.15) is 47.5 Å². The predicted molar refractivity (Wildman–Crippen MR) is 74.9 cm³/mol. The summed E-state index contributed by atoms with van der Waals surface area (Å²) < 4.78 is 0. The number of allylic oxidation sites excluding steroid dienone is 4. The highest BCUT2D eigenvalue weighted by atomic mass is 16.1. The quantitative estimate of drug-likeness (QED) is 0.551. The summed E-state index contributed by atoms with van der Waals surface area (Å²) in [5, 5.41) is 2.84. The van der Waals surface area contributed by atoms with Crippen molar-refractivity contribution in [3.8, 4) is 0 Å². The monoisotopic (exact) mass is 235 g/mol. The van der Waals surface area contributed by atoms with Crippen LogP contribution in [0.15, 0.2) is 34.9 Å². The topological polar surface area (TPSA) is 29.1 Å². The summed E-state index contributed by atoms with van der Waals surface area (Å²) in [6.07, 6.45) is 8.07. The Morgan fingerprint density at radius 1 is 1.00 bits per heavy atom. The summed E-state index contributed by atoms with van der Waals surface area (Å²) in [6, 6.07) is 0. The Bertz CT molecular complexity index is 327. The van der Waals surface area contributed by atoms with Crippen molar-refractivity contribution in [2.24, 2.45) is 0 Å². The minimum atomic E-state index is -0.0154. The average Bonchev–Trinajstić information content (AvgIpc) is 2.15. The van der Waals surface area contributed by atoms with Gasteiger partial charge >= 0.3 is 0 Å². The van der Waals surface area contributed by atoms with Crippen molar-refractivity contribution < 1.29 is 4.79 Å². The molecule has 0 unspecified atom stereocenters. The van der Waals surface area contributed by atoms with Gasteiger partial charge in [0.2, 0.25) is 5.91 Å². The highest BCUT2D eigenvalue weighted by Crippen LogP contribution is 2.05. The minimum absolute atomic E-state index is 0.0154. The van der Waals surface area contributed by atoms with Crippen LogP contribution < -0.4 is 5.32 Å². The average molecular weight is 235 g/mol. The van der Waals surface area contributed by atoms with Crippen molar-refractivity contribution in [2.75, 3.05) is 6.54 Å². The maximum Gasteiger partial charge on any atom is 0.244 e. The number of hydrogen-bond donors (Lipinski definition) is 1. The van der Waals surface area contributed by atoms with Crippen molar-refractivity contribution in [3.63, 3.8) is 0 Å². The first-order chi connectivity index (χ1) is 7.91. The Morgan fingerprint density at radius 3 is 2.18 bits per heavy atom. The van der Waals surface area contributed by atoms with Crippen LogP contribution in [0.2, 0.25) is 0 Å². The second-order valence-electron chi connectivity index (χ2n) is 4.84. The number of carbonyl (C=O) groups excluding carboxylic acids is 1. The molecule has 0 spiro atoms. The third-order valence-corrected chi connectivity index (χ3v) is 2.24. The molecular formula is C15H25NO. The molecule has 96 valence electrons. The van der Waals surface area contributed by atoms with Crippen LogP contribution in [0.3, 0.4) is 0 Å². The van der Waals surface area contributed by atoms with Gasteiger partial charge in [0.15, 0.2) is 0 Å². The zero-order chi connectivity index (χ0) is 13.3. The van der Waals surface area contributed by atoms with E-state index in [1.807, 2.05) is 13.8 Å². The molecule has 0 aromatic heterocycles. The van der Waals surface area contributed by atoms with Crippen molar-refractivity contribution in [1.82, 2.24) is 5.32 Å². The van der Waals surface area contributed by atoms with Crippen LogP contribution in [0.4, 0.5) is 0 Å². The maximum atomic E-state index is 11.3. The van der Waals surface area contributed by atoms with E-state index in [4.69, 9.17) is 0 Å². The molecule has 0 bridgehead atoms. The first-order valence-corrected chi connectivity index (χ1v) is 6.13. The normalized spacial score (nSPS) is 10.8. The SMILES string of the molecule is CC(C)=CCC/C(C)=C/CNC(=O)C=C(C)C. The van der Waals surface area contributed by atoms with Crippen LogP contribution in [0, 0.1) is 0 Å². The standard InChI is InChI=1S/C15H25NO/c1-12(2)7-6-8-14(5)9-10-16-15(17)11-13(3)4/h7,9,11H,6,8,10H2,1-5H3,(H,16,17)/b14-9+. The smallest absolute Gasteiger partial charge is 0.244 e. The largest absolute Gasteiger partial charge is 0.349 e. The van der Waals surface area contributed by atoms with Crippen molar-refractivity contribution in [1.29, 1.82) is 0 Å². The zero-order valence-electron chi connectivity index (χ0n) is 11.8. The maximum absolute atomic E-state index is 11.3. The lowest BCUT2D eigenvalue weighted by molar-refractivity contribution is -0.116. The van der Waals surface area contributed by atoms with Gasteiger partial charge in [-0.05, 0) is 47.5 Å². The van der Waals surface area contributed by atoms with E-state index < -0.39 is 0 Å². The van der Waals surface area contributed by atoms with Gasteiger partial charge in [0, 0.05) is 12.6 Å². The fourth-order valence-electron chi connectivity index (χ4n) is 1.33. The molecule has 0 radical (unpaired) electrons. The summed E-state index contributed by atoms with van der Waals surface area (Å²) in [4.78, 5) is 11.3. The highest BCUT2D eigenvalue weighted by molar-refractivity contribution is 5.88. The second-order valence-corrected chi connectivity index (χ2v) is 4.84.